The van der Waals surface area contributed by atoms with E-state index in [9.17, 15) is 10.2 Å². The van der Waals surface area contributed by atoms with Crippen LogP contribution in [0.4, 0.5) is 0 Å². The predicted octanol–water partition coefficient (Wildman–Crippen LogP) is 1.60. The molecular formula is C13H21NO3S. The number of benzene rings is 1. The highest BCUT2D eigenvalue weighted by Crippen LogP contribution is 2.26. The number of aliphatic hydroxyl groups is 1. The Hall–Kier alpha value is -0.910. The van der Waals surface area contributed by atoms with Gasteiger partial charge in [0, 0.05) is 18.8 Å². The quantitative estimate of drug-likeness (QED) is 0.703. The molecule has 0 aliphatic rings. The SMILES string of the molecule is COc1cc(CNCC(C)(O)CSC)ccc1O. The summed E-state index contributed by atoms with van der Waals surface area (Å²) in [5.74, 6) is 1.29. The Morgan fingerprint density at radius 1 is 1.44 bits per heavy atom. The average Bonchev–Trinajstić information content (AvgIpc) is 2.31. The lowest BCUT2D eigenvalue weighted by molar-refractivity contribution is 0.0846. The van der Waals surface area contributed by atoms with Crippen LogP contribution in [0.2, 0.25) is 0 Å². The van der Waals surface area contributed by atoms with E-state index in [1.807, 2.05) is 19.2 Å². The second-order valence-electron chi connectivity index (χ2n) is 4.54. The van der Waals surface area contributed by atoms with Crippen LogP contribution in [0.25, 0.3) is 0 Å². The van der Waals surface area contributed by atoms with Crippen molar-refractivity contribution < 1.29 is 14.9 Å². The molecule has 18 heavy (non-hydrogen) atoms. The molecule has 0 saturated carbocycles. The highest BCUT2D eigenvalue weighted by molar-refractivity contribution is 7.98. The van der Waals surface area contributed by atoms with Crippen LogP contribution in [0, 0.1) is 0 Å². The smallest absolute Gasteiger partial charge is 0.160 e. The molecule has 0 amide bonds. The number of thioether (sulfide) groups is 1. The maximum Gasteiger partial charge on any atom is 0.160 e. The number of hydrogen-bond acceptors (Lipinski definition) is 5. The van der Waals surface area contributed by atoms with E-state index in [-0.39, 0.29) is 5.75 Å². The molecule has 0 heterocycles. The summed E-state index contributed by atoms with van der Waals surface area (Å²) in [7, 11) is 1.52. The molecule has 0 spiro atoms. The molecule has 0 bridgehead atoms. The standard InChI is InChI=1S/C13H21NO3S/c1-13(16,9-18-3)8-14-7-10-4-5-11(15)12(6-10)17-2/h4-6,14-16H,7-9H2,1-3H3. The van der Waals surface area contributed by atoms with E-state index in [1.165, 1.54) is 7.11 Å². The normalized spacial score (nSPS) is 14.2. The van der Waals surface area contributed by atoms with Gasteiger partial charge in [-0.25, -0.2) is 0 Å². The second-order valence-corrected chi connectivity index (χ2v) is 5.41. The van der Waals surface area contributed by atoms with Crippen molar-refractivity contribution in [3.8, 4) is 11.5 Å². The third-order valence-corrected chi connectivity index (χ3v) is 3.44. The van der Waals surface area contributed by atoms with E-state index in [2.05, 4.69) is 5.32 Å². The van der Waals surface area contributed by atoms with Gasteiger partial charge in [0.1, 0.15) is 0 Å². The minimum atomic E-state index is -0.708. The first-order valence-corrected chi connectivity index (χ1v) is 7.16. The molecule has 0 saturated heterocycles. The van der Waals surface area contributed by atoms with Gasteiger partial charge in [0.15, 0.2) is 11.5 Å². The van der Waals surface area contributed by atoms with Crippen LogP contribution in [0.3, 0.4) is 0 Å². The van der Waals surface area contributed by atoms with Crippen LogP contribution in [0.15, 0.2) is 18.2 Å². The lowest BCUT2D eigenvalue weighted by atomic mass is 10.1. The molecule has 1 aromatic rings. The van der Waals surface area contributed by atoms with Gasteiger partial charge in [0.05, 0.1) is 12.7 Å². The molecule has 3 N–H and O–H groups in total. The average molecular weight is 271 g/mol. The van der Waals surface area contributed by atoms with Gasteiger partial charge in [-0.3, -0.25) is 0 Å². The topological polar surface area (TPSA) is 61.7 Å². The molecule has 1 aromatic carbocycles. The Morgan fingerprint density at radius 2 is 2.17 bits per heavy atom. The number of hydrogen-bond donors (Lipinski definition) is 3. The molecule has 1 atom stereocenters. The molecule has 1 unspecified atom stereocenters. The summed E-state index contributed by atoms with van der Waals surface area (Å²) in [6.45, 7) is 2.96. The zero-order valence-electron chi connectivity index (χ0n) is 11.1. The lowest BCUT2D eigenvalue weighted by Crippen LogP contribution is -2.39. The van der Waals surface area contributed by atoms with E-state index < -0.39 is 5.60 Å². The van der Waals surface area contributed by atoms with Crippen LogP contribution in [-0.4, -0.2) is 41.5 Å². The summed E-state index contributed by atoms with van der Waals surface area (Å²) in [6, 6.07) is 5.22. The fourth-order valence-electron chi connectivity index (χ4n) is 1.67. The van der Waals surface area contributed by atoms with E-state index in [0.717, 1.165) is 5.56 Å². The number of phenols is 1. The highest BCUT2D eigenvalue weighted by atomic mass is 32.2. The minimum Gasteiger partial charge on any atom is -0.504 e. The first kappa shape index (κ1) is 15.1. The molecule has 0 aliphatic heterocycles. The largest absolute Gasteiger partial charge is 0.504 e. The van der Waals surface area contributed by atoms with Gasteiger partial charge in [0.25, 0.3) is 0 Å². The lowest BCUT2D eigenvalue weighted by Gasteiger charge is -2.22. The fourth-order valence-corrected chi connectivity index (χ4v) is 2.39. The molecule has 0 radical (unpaired) electrons. The van der Waals surface area contributed by atoms with E-state index in [0.29, 0.717) is 24.6 Å². The van der Waals surface area contributed by atoms with E-state index in [4.69, 9.17) is 4.74 Å². The number of methoxy groups -OCH3 is 1. The van der Waals surface area contributed by atoms with Crippen LogP contribution < -0.4 is 10.1 Å². The summed E-state index contributed by atoms with van der Waals surface area (Å²) in [5.41, 5.74) is 0.296. The van der Waals surface area contributed by atoms with Crippen molar-refractivity contribution >= 4 is 11.8 Å². The van der Waals surface area contributed by atoms with Gasteiger partial charge in [0.2, 0.25) is 0 Å². The van der Waals surface area contributed by atoms with Crippen molar-refractivity contribution in [1.29, 1.82) is 0 Å². The van der Waals surface area contributed by atoms with Crippen molar-refractivity contribution in [2.45, 2.75) is 19.1 Å². The molecule has 4 nitrogen and oxygen atoms in total. The number of rotatable bonds is 7. The first-order valence-electron chi connectivity index (χ1n) is 5.76. The predicted molar refractivity (Wildman–Crippen MR) is 75.4 cm³/mol. The third-order valence-electron chi connectivity index (χ3n) is 2.53. The Balaban J connectivity index is 2.49. The summed E-state index contributed by atoms with van der Waals surface area (Å²) in [5, 5.41) is 22.7. The molecule has 0 aliphatic carbocycles. The number of aromatic hydroxyl groups is 1. The molecular weight excluding hydrogens is 250 g/mol. The Labute approximate surface area is 112 Å². The third kappa shape index (κ3) is 4.76. The van der Waals surface area contributed by atoms with Gasteiger partial charge >= 0.3 is 0 Å². The zero-order chi connectivity index (χ0) is 13.6. The first-order chi connectivity index (χ1) is 8.48. The number of ether oxygens (including phenoxy) is 1. The highest BCUT2D eigenvalue weighted by Gasteiger charge is 2.18. The van der Waals surface area contributed by atoms with Crippen molar-refractivity contribution in [1.82, 2.24) is 5.32 Å². The van der Waals surface area contributed by atoms with Crippen molar-refractivity contribution in [2.75, 3.05) is 25.7 Å². The molecule has 0 aromatic heterocycles. The Bertz CT molecular complexity index is 382. The zero-order valence-corrected chi connectivity index (χ0v) is 11.9. The summed E-state index contributed by atoms with van der Waals surface area (Å²) in [4.78, 5) is 0. The maximum absolute atomic E-state index is 9.99. The van der Waals surface area contributed by atoms with Gasteiger partial charge in [-0.2, -0.15) is 11.8 Å². The van der Waals surface area contributed by atoms with Gasteiger partial charge in [-0.15, -0.1) is 0 Å². The van der Waals surface area contributed by atoms with E-state index >= 15 is 0 Å². The molecule has 102 valence electrons. The maximum atomic E-state index is 9.99. The molecule has 0 fully saturated rings. The van der Waals surface area contributed by atoms with Crippen LogP contribution in [-0.2, 0) is 6.54 Å². The monoisotopic (exact) mass is 271 g/mol. The van der Waals surface area contributed by atoms with Crippen LogP contribution >= 0.6 is 11.8 Å². The van der Waals surface area contributed by atoms with Crippen molar-refractivity contribution in [2.24, 2.45) is 0 Å². The summed E-state index contributed by atoms with van der Waals surface area (Å²) < 4.78 is 5.04. The summed E-state index contributed by atoms with van der Waals surface area (Å²) >= 11 is 1.62. The van der Waals surface area contributed by atoms with Crippen LogP contribution in [0.5, 0.6) is 11.5 Å². The van der Waals surface area contributed by atoms with E-state index in [1.54, 1.807) is 23.9 Å². The fraction of sp³-hybridized carbons (Fsp3) is 0.538. The van der Waals surface area contributed by atoms with Crippen molar-refractivity contribution in [3.63, 3.8) is 0 Å². The van der Waals surface area contributed by atoms with Gasteiger partial charge < -0.3 is 20.3 Å². The van der Waals surface area contributed by atoms with Gasteiger partial charge in [-0.1, -0.05) is 6.07 Å². The second kappa shape index (κ2) is 6.87. The molecule has 1 rings (SSSR count). The minimum absolute atomic E-state index is 0.135. The molecule has 5 heteroatoms. The number of nitrogens with one attached hydrogen (secondary N) is 1. The van der Waals surface area contributed by atoms with Gasteiger partial charge in [-0.05, 0) is 30.9 Å². The number of phenolic OH excluding ortho intramolecular Hbond substituents is 1. The summed E-state index contributed by atoms with van der Waals surface area (Å²) in [6.07, 6.45) is 1.97. The Morgan fingerprint density at radius 3 is 2.78 bits per heavy atom. The Kier molecular flexibility index (Phi) is 5.78. The van der Waals surface area contributed by atoms with Crippen LogP contribution in [0.1, 0.15) is 12.5 Å². The van der Waals surface area contributed by atoms with Crippen molar-refractivity contribution in [3.05, 3.63) is 23.8 Å².